The maximum atomic E-state index is 12.2. The van der Waals surface area contributed by atoms with Gasteiger partial charge in [0.2, 0.25) is 11.8 Å². The number of hydrogen-bond acceptors (Lipinski definition) is 3. The molecule has 1 heterocycles. The number of carbonyl (C=O) groups is 3. The van der Waals surface area contributed by atoms with Gasteiger partial charge in [-0.15, -0.1) is 0 Å². The molecule has 2 bridgehead atoms. The molecule has 2 saturated carbocycles. The van der Waals surface area contributed by atoms with Gasteiger partial charge in [0.05, 0.1) is 11.8 Å². The first-order valence-corrected chi connectivity index (χ1v) is 7.61. The Morgan fingerprint density at radius 3 is 2.00 bits per heavy atom. The van der Waals surface area contributed by atoms with E-state index in [-0.39, 0.29) is 45.1 Å². The summed E-state index contributed by atoms with van der Waals surface area (Å²) in [6, 6.07) is 0. The SMILES string of the molecule is O=C(O)CN1C(=O)[C@@H]2[C@H]3C[C@@H]([C@H](Br)[C@H]3Br)[C@H]2C1=O. The summed E-state index contributed by atoms with van der Waals surface area (Å²) in [7, 11) is 0. The van der Waals surface area contributed by atoms with Crippen LogP contribution in [0.15, 0.2) is 0 Å². The van der Waals surface area contributed by atoms with Gasteiger partial charge in [0, 0.05) is 9.65 Å². The highest BCUT2D eigenvalue weighted by Crippen LogP contribution is 2.60. The molecule has 3 aliphatic rings. The molecule has 5 nitrogen and oxygen atoms in total. The summed E-state index contributed by atoms with van der Waals surface area (Å²) in [5.74, 6) is -2.11. The Bertz CT molecular complexity index is 422. The fraction of sp³-hybridized carbons (Fsp3) is 0.727. The van der Waals surface area contributed by atoms with E-state index in [0.29, 0.717) is 0 Å². The maximum Gasteiger partial charge on any atom is 0.323 e. The average molecular weight is 381 g/mol. The van der Waals surface area contributed by atoms with Crippen molar-refractivity contribution in [2.75, 3.05) is 6.54 Å². The topological polar surface area (TPSA) is 74.7 Å². The standard InChI is InChI=1S/C11H11Br2NO4/c12-8-3-1-4(9(8)13)7-6(3)10(17)14(11(7)18)2-5(15)16/h3-4,6-9H,1-2H2,(H,15,16)/t3-,4-,6-,7-,8+,9+/m1/s1. The van der Waals surface area contributed by atoms with E-state index in [1.807, 2.05) is 0 Å². The van der Waals surface area contributed by atoms with Crippen LogP contribution in [0.5, 0.6) is 0 Å². The molecule has 18 heavy (non-hydrogen) atoms. The van der Waals surface area contributed by atoms with Crippen LogP contribution >= 0.6 is 31.9 Å². The van der Waals surface area contributed by atoms with Gasteiger partial charge >= 0.3 is 5.97 Å². The molecule has 2 aliphatic carbocycles. The summed E-state index contributed by atoms with van der Waals surface area (Å²) < 4.78 is 0. The number of rotatable bonds is 2. The van der Waals surface area contributed by atoms with E-state index in [9.17, 15) is 14.4 Å². The lowest BCUT2D eigenvalue weighted by Gasteiger charge is -2.28. The maximum absolute atomic E-state index is 12.2. The summed E-state index contributed by atoms with van der Waals surface area (Å²) >= 11 is 7.14. The zero-order valence-corrected chi connectivity index (χ0v) is 12.4. The van der Waals surface area contributed by atoms with Crippen molar-refractivity contribution in [3.05, 3.63) is 0 Å². The number of likely N-dealkylation sites (tertiary alicyclic amines) is 1. The van der Waals surface area contributed by atoms with Crippen LogP contribution in [0.4, 0.5) is 0 Å². The second-order valence-corrected chi connectivity index (χ2v) is 7.27. The highest BCUT2D eigenvalue weighted by Gasteiger charge is 2.66. The van der Waals surface area contributed by atoms with Crippen molar-refractivity contribution in [3.8, 4) is 0 Å². The van der Waals surface area contributed by atoms with E-state index >= 15 is 0 Å². The summed E-state index contributed by atoms with van der Waals surface area (Å²) in [5.41, 5.74) is 0. The van der Waals surface area contributed by atoms with Crippen molar-refractivity contribution in [1.82, 2.24) is 4.90 Å². The monoisotopic (exact) mass is 379 g/mol. The molecule has 3 fully saturated rings. The van der Waals surface area contributed by atoms with Gasteiger partial charge in [-0.1, -0.05) is 31.9 Å². The van der Waals surface area contributed by atoms with Crippen LogP contribution < -0.4 is 0 Å². The minimum Gasteiger partial charge on any atom is -0.480 e. The van der Waals surface area contributed by atoms with E-state index < -0.39 is 12.5 Å². The van der Waals surface area contributed by atoms with E-state index in [1.165, 1.54) is 0 Å². The van der Waals surface area contributed by atoms with Gasteiger partial charge in [0.1, 0.15) is 6.54 Å². The van der Waals surface area contributed by atoms with Crippen molar-refractivity contribution < 1.29 is 19.5 Å². The summed E-state index contributed by atoms with van der Waals surface area (Å²) in [5, 5.41) is 8.76. The molecule has 2 amide bonds. The highest BCUT2D eigenvalue weighted by atomic mass is 79.9. The number of carboxylic acid groups (broad SMARTS) is 1. The Balaban J connectivity index is 1.92. The first-order valence-electron chi connectivity index (χ1n) is 5.78. The van der Waals surface area contributed by atoms with Crippen molar-refractivity contribution in [1.29, 1.82) is 0 Å². The lowest BCUT2D eigenvalue weighted by molar-refractivity contribution is -0.149. The van der Waals surface area contributed by atoms with Crippen LogP contribution in [-0.2, 0) is 14.4 Å². The summed E-state index contributed by atoms with van der Waals surface area (Å²) in [4.78, 5) is 36.4. The smallest absolute Gasteiger partial charge is 0.323 e. The highest BCUT2D eigenvalue weighted by molar-refractivity contribution is 9.12. The molecule has 0 aromatic rings. The number of amides is 2. The van der Waals surface area contributed by atoms with Gasteiger partial charge in [-0.3, -0.25) is 19.3 Å². The third-order valence-corrected chi connectivity index (χ3v) is 7.58. The van der Waals surface area contributed by atoms with Crippen molar-refractivity contribution in [2.24, 2.45) is 23.7 Å². The van der Waals surface area contributed by atoms with Crippen LogP contribution in [0, 0.1) is 23.7 Å². The van der Waals surface area contributed by atoms with E-state index in [0.717, 1.165) is 11.3 Å². The zero-order chi connectivity index (χ0) is 13.2. The lowest BCUT2D eigenvalue weighted by atomic mass is 9.81. The molecule has 0 aromatic heterocycles. The molecule has 1 aliphatic heterocycles. The molecule has 7 heteroatoms. The fourth-order valence-electron chi connectivity index (χ4n) is 3.70. The number of fused-ring (bicyclic) bond motifs is 5. The fourth-order valence-corrected chi connectivity index (χ4v) is 5.58. The van der Waals surface area contributed by atoms with Crippen LogP contribution in [-0.4, -0.2) is 44.0 Å². The van der Waals surface area contributed by atoms with E-state index in [2.05, 4.69) is 31.9 Å². The predicted molar refractivity (Wildman–Crippen MR) is 68.4 cm³/mol. The van der Waals surface area contributed by atoms with Crippen molar-refractivity contribution in [2.45, 2.75) is 16.1 Å². The Morgan fingerprint density at radius 1 is 1.17 bits per heavy atom. The lowest BCUT2D eigenvalue weighted by Crippen LogP contribution is -2.37. The van der Waals surface area contributed by atoms with E-state index in [4.69, 9.17) is 5.11 Å². The second-order valence-electron chi connectivity index (χ2n) is 5.16. The molecule has 1 N–H and O–H groups in total. The Morgan fingerprint density at radius 2 is 1.61 bits per heavy atom. The zero-order valence-electron chi connectivity index (χ0n) is 9.25. The largest absolute Gasteiger partial charge is 0.480 e. The van der Waals surface area contributed by atoms with Gasteiger partial charge in [-0.05, 0) is 18.3 Å². The van der Waals surface area contributed by atoms with Crippen molar-refractivity contribution in [3.63, 3.8) is 0 Å². The second kappa shape index (κ2) is 4.03. The Hall–Kier alpha value is -0.430. The number of nitrogens with zero attached hydrogens (tertiary/aromatic N) is 1. The van der Waals surface area contributed by atoms with Gasteiger partial charge in [0.25, 0.3) is 0 Å². The summed E-state index contributed by atoms with van der Waals surface area (Å²) in [6.07, 6.45) is 0.861. The number of aliphatic carboxylic acids is 1. The van der Waals surface area contributed by atoms with Crippen LogP contribution in [0.2, 0.25) is 0 Å². The molecule has 0 radical (unpaired) electrons. The number of imide groups is 1. The Labute approximate surface area is 120 Å². The molecule has 1 saturated heterocycles. The first-order chi connectivity index (χ1) is 8.43. The number of carbonyl (C=O) groups excluding carboxylic acids is 2. The molecule has 3 rings (SSSR count). The Kier molecular flexibility index (Phi) is 2.82. The quantitative estimate of drug-likeness (QED) is 0.569. The molecule has 6 atom stereocenters. The van der Waals surface area contributed by atoms with E-state index in [1.54, 1.807) is 0 Å². The minimum atomic E-state index is -1.14. The first kappa shape index (κ1) is 12.6. The number of carboxylic acids is 1. The third kappa shape index (κ3) is 1.46. The predicted octanol–water partition coefficient (Wildman–Crippen LogP) is 0.849. The van der Waals surface area contributed by atoms with Gasteiger partial charge in [-0.2, -0.15) is 0 Å². The van der Waals surface area contributed by atoms with Gasteiger partial charge in [0.15, 0.2) is 0 Å². The molecule has 98 valence electrons. The molecule has 0 aromatic carbocycles. The van der Waals surface area contributed by atoms with Gasteiger partial charge in [-0.25, -0.2) is 0 Å². The van der Waals surface area contributed by atoms with Crippen LogP contribution in [0.25, 0.3) is 0 Å². The minimum absolute atomic E-state index is 0.139. The van der Waals surface area contributed by atoms with Crippen molar-refractivity contribution >= 4 is 49.6 Å². The molecular weight excluding hydrogens is 370 g/mol. The third-order valence-electron chi connectivity index (χ3n) is 4.37. The molecular formula is C11H11Br2NO4. The average Bonchev–Trinajstić information content (AvgIpc) is 2.88. The van der Waals surface area contributed by atoms with Gasteiger partial charge < -0.3 is 5.11 Å². The number of alkyl halides is 2. The number of halogens is 2. The molecule has 0 unspecified atom stereocenters. The summed E-state index contributed by atoms with van der Waals surface area (Å²) in [6.45, 7) is -0.510. The van der Waals surface area contributed by atoms with Crippen LogP contribution in [0.1, 0.15) is 6.42 Å². The molecule has 0 spiro atoms. The van der Waals surface area contributed by atoms with Crippen LogP contribution in [0.3, 0.4) is 0 Å². The normalized spacial score (nSPS) is 45.8. The number of hydrogen-bond donors (Lipinski definition) is 1.